The van der Waals surface area contributed by atoms with Gasteiger partial charge in [0, 0.05) is 5.41 Å². The van der Waals surface area contributed by atoms with E-state index in [1.54, 1.807) is 30.3 Å². The van der Waals surface area contributed by atoms with E-state index >= 15 is 0 Å². The molecule has 5 rings (SSSR count). The van der Waals surface area contributed by atoms with Crippen molar-refractivity contribution in [2.24, 2.45) is 33.7 Å². The zero-order chi connectivity index (χ0) is 28.0. The first-order chi connectivity index (χ1) is 18.5. The molecular weight excluding hydrogens is 496 g/mol. The number of nitrogens with zero attached hydrogens (tertiary/aromatic N) is 1. The summed E-state index contributed by atoms with van der Waals surface area (Å²) >= 11 is 0. The van der Waals surface area contributed by atoms with E-state index < -0.39 is 36.2 Å². The van der Waals surface area contributed by atoms with Crippen molar-refractivity contribution < 1.29 is 29.7 Å². The Morgan fingerprint density at radius 3 is 2.54 bits per heavy atom. The van der Waals surface area contributed by atoms with Crippen LogP contribution in [0.25, 0.3) is 0 Å². The lowest BCUT2D eigenvalue weighted by molar-refractivity contribution is -0.146. The highest BCUT2D eigenvalue weighted by Crippen LogP contribution is 2.66. The minimum atomic E-state index is -1.51. The summed E-state index contributed by atoms with van der Waals surface area (Å²) in [6.07, 6.45) is 11.0. The lowest BCUT2D eigenvalue weighted by Gasteiger charge is -2.58. The summed E-state index contributed by atoms with van der Waals surface area (Å²) < 4.78 is 0. The SMILES string of the molecule is C[C@]12C=C/C(=N\OCC(=O)N[C@@H](C(=O)O)[C@H](O)c3ccccc3)C=C1CC[C@@H]1[C@@H]2CC[C@@]2(C)[C@H]1CC[C@]2(C)O. The van der Waals surface area contributed by atoms with Crippen LogP contribution in [-0.4, -0.2) is 51.2 Å². The Kier molecular flexibility index (Phi) is 7.22. The van der Waals surface area contributed by atoms with Crippen molar-refractivity contribution in [2.75, 3.05) is 6.61 Å². The molecule has 0 aliphatic heterocycles. The normalized spacial score (nSPS) is 37.6. The minimum Gasteiger partial charge on any atom is -0.480 e. The highest BCUT2D eigenvalue weighted by atomic mass is 16.6. The van der Waals surface area contributed by atoms with E-state index in [0.29, 0.717) is 29.0 Å². The van der Waals surface area contributed by atoms with Gasteiger partial charge in [-0.3, -0.25) is 4.79 Å². The van der Waals surface area contributed by atoms with Crippen LogP contribution in [0, 0.1) is 28.6 Å². The average Bonchev–Trinajstić information content (AvgIpc) is 3.16. The van der Waals surface area contributed by atoms with Crippen molar-refractivity contribution in [3.05, 3.63) is 59.7 Å². The maximum absolute atomic E-state index is 12.4. The molecule has 39 heavy (non-hydrogen) atoms. The van der Waals surface area contributed by atoms with Crippen molar-refractivity contribution in [2.45, 2.75) is 77.0 Å². The molecule has 0 heterocycles. The predicted octanol–water partition coefficient (Wildman–Crippen LogP) is 4.15. The summed E-state index contributed by atoms with van der Waals surface area (Å²) in [6, 6.07) is 6.82. The summed E-state index contributed by atoms with van der Waals surface area (Å²) in [4.78, 5) is 29.4. The number of rotatable bonds is 7. The van der Waals surface area contributed by atoms with Gasteiger partial charge in [0.05, 0.1) is 5.60 Å². The number of fused-ring (bicyclic) bond motifs is 5. The van der Waals surface area contributed by atoms with Gasteiger partial charge in [-0.25, -0.2) is 4.79 Å². The van der Waals surface area contributed by atoms with Crippen molar-refractivity contribution >= 4 is 17.6 Å². The van der Waals surface area contributed by atoms with Crippen LogP contribution in [0.4, 0.5) is 0 Å². The zero-order valence-electron chi connectivity index (χ0n) is 23.0. The highest BCUT2D eigenvalue weighted by molar-refractivity contribution is 6.05. The Morgan fingerprint density at radius 1 is 1.10 bits per heavy atom. The van der Waals surface area contributed by atoms with Crippen LogP contribution in [-0.2, 0) is 14.4 Å². The molecule has 210 valence electrons. The number of amides is 1. The molecule has 0 unspecified atom stereocenters. The molecule has 8 nitrogen and oxygen atoms in total. The molecule has 1 aromatic carbocycles. The second kappa shape index (κ2) is 10.2. The Labute approximate surface area is 229 Å². The number of hydrogen-bond donors (Lipinski definition) is 4. The molecule has 0 aromatic heterocycles. The van der Waals surface area contributed by atoms with E-state index in [9.17, 15) is 24.9 Å². The van der Waals surface area contributed by atoms with Gasteiger partial charge in [0.15, 0.2) is 12.6 Å². The molecule has 4 aliphatic rings. The van der Waals surface area contributed by atoms with Crippen LogP contribution in [0.2, 0.25) is 0 Å². The molecule has 4 aliphatic carbocycles. The molecule has 1 aromatic rings. The molecule has 0 spiro atoms. The number of carbonyl (C=O) groups excluding carboxylic acids is 1. The Balaban J connectivity index is 1.21. The summed E-state index contributed by atoms with van der Waals surface area (Å²) in [5.74, 6) is -0.360. The standard InChI is InChI=1S/C31H40N2O6/c1-29-14-11-21(33-39-18-25(34)32-26(28(36)37)27(35)19-7-5-4-6-8-19)17-20(29)9-10-22-23(29)12-15-30(2)24(22)13-16-31(30,3)38/h4-8,11,14,17,22-24,26-27,35,38H,9-10,12-13,15-16,18H2,1-3H3,(H,32,34)(H,36,37)/b33-21+/t22-,23+,24+,26-,27-,29+,30+,31+/m1/s1. The number of carbonyl (C=O) groups is 2. The van der Waals surface area contributed by atoms with Gasteiger partial charge in [-0.1, -0.05) is 61.0 Å². The Hall–Kier alpha value is -2.97. The van der Waals surface area contributed by atoms with Gasteiger partial charge < -0.3 is 25.5 Å². The maximum Gasteiger partial charge on any atom is 0.329 e. The van der Waals surface area contributed by atoms with E-state index in [0.717, 1.165) is 38.5 Å². The number of aliphatic hydroxyl groups excluding tert-OH is 1. The third-order valence-electron chi connectivity index (χ3n) is 10.5. The average molecular weight is 537 g/mol. The number of aliphatic carboxylic acids is 1. The number of oxime groups is 1. The summed E-state index contributed by atoms with van der Waals surface area (Å²) in [5, 5.41) is 37.5. The maximum atomic E-state index is 12.4. The van der Waals surface area contributed by atoms with Gasteiger partial charge >= 0.3 is 5.97 Å². The molecular formula is C31H40N2O6. The van der Waals surface area contributed by atoms with Crippen molar-refractivity contribution in [1.29, 1.82) is 0 Å². The number of aliphatic hydroxyl groups is 2. The molecule has 3 fully saturated rings. The smallest absolute Gasteiger partial charge is 0.329 e. The number of nitrogens with one attached hydrogen (secondary N) is 1. The molecule has 8 atom stereocenters. The Bertz CT molecular complexity index is 1210. The number of hydrogen-bond acceptors (Lipinski definition) is 6. The van der Waals surface area contributed by atoms with Gasteiger partial charge in [0.25, 0.3) is 5.91 Å². The summed E-state index contributed by atoms with van der Waals surface area (Å²) in [6.45, 7) is 6.18. The number of carboxylic acids is 1. The summed E-state index contributed by atoms with van der Waals surface area (Å²) in [5.41, 5.74) is 1.68. The van der Waals surface area contributed by atoms with Gasteiger partial charge in [-0.15, -0.1) is 0 Å². The first-order valence-electron chi connectivity index (χ1n) is 14.0. The molecule has 0 bridgehead atoms. The predicted molar refractivity (Wildman–Crippen MR) is 147 cm³/mol. The van der Waals surface area contributed by atoms with E-state index in [-0.39, 0.29) is 10.8 Å². The lowest BCUT2D eigenvalue weighted by atomic mass is 9.47. The number of carboxylic acid groups (broad SMARTS) is 1. The first kappa shape index (κ1) is 27.6. The fourth-order valence-corrected chi connectivity index (χ4v) is 8.01. The second-order valence-electron chi connectivity index (χ2n) is 12.5. The molecule has 0 saturated heterocycles. The fraction of sp³-hybridized carbons (Fsp3) is 0.581. The van der Waals surface area contributed by atoms with Crippen LogP contribution in [0.3, 0.4) is 0 Å². The third-order valence-corrected chi connectivity index (χ3v) is 10.5. The van der Waals surface area contributed by atoms with Gasteiger partial charge in [-0.05, 0) is 86.3 Å². The van der Waals surface area contributed by atoms with Crippen molar-refractivity contribution in [1.82, 2.24) is 5.32 Å². The van der Waals surface area contributed by atoms with Gasteiger partial charge in [0.1, 0.15) is 11.8 Å². The minimum absolute atomic E-state index is 0.0120. The van der Waals surface area contributed by atoms with E-state index in [1.807, 2.05) is 13.0 Å². The van der Waals surface area contributed by atoms with Gasteiger partial charge in [0.2, 0.25) is 0 Å². The second-order valence-corrected chi connectivity index (χ2v) is 12.5. The number of allylic oxidation sites excluding steroid dienone is 4. The van der Waals surface area contributed by atoms with Crippen LogP contribution in [0.1, 0.15) is 71.0 Å². The quantitative estimate of drug-likeness (QED) is 0.388. The molecule has 0 radical (unpaired) electrons. The molecule has 8 heteroatoms. The van der Waals surface area contributed by atoms with Crippen LogP contribution >= 0.6 is 0 Å². The van der Waals surface area contributed by atoms with Crippen LogP contribution in [0.5, 0.6) is 0 Å². The Morgan fingerprint density at radius 2 is 1.82 bits per heavy atom. The largest absolute Gasteiger partial charge is 0.480 e. The molecule has 4 N–H and O–H groups in total. The highest BCUT2D eigenvalue weighted by Gasteiger charge is 2.62. The van der Waals surface area contributed by atoms with E-state index in [2.05, 4.69) is 36.5 Å². The van der Waals surface area contributed by atoms with Crippen molar-refractivity contribution in [3.8, 4) is 0 Å². The van der Waals surface area contributed by atoms with E-state index in [4.69, 9.17) is 4.84 Å². The topological polar surface area (TPSA) is 128 Å². The first-order valence-corrected chi connectivity index (χ1v) is 14.0. The molecule has 1 amide bonds. The third kappa shape index (κ3) is 4.82. The fourth-order valence-electron chi connectivity index (χ4n) is 8.01. The zero-order valence-corrected chi connectivity index (χ0v) is 23.0. The number of benzene rings is 1. The summed E-state index contributed by atoms with van der Waals surface area (Å²) in [7, 11) is 0. The lowest BCUT2D eigenvalue weighted by Crippen LogP contribution is -2.53. The van der Waals surface area contributed by atoms with Crippen LogP contribution < -0.4 is 5.32 Å². The van der Waals surface area contributed by atoms with E-state index in [1.165, 1.54) is 5.57 Å². The van der Waals surface area contributed by atoms with Gasteiger partial charge in [-0.2, -0.15) is 0 Å². The van der Waals surface area contributed by atoms with Crippen molar-refractivity contribution in [3.63, 3.8) is 0 Å². The monoisotopic (exact) mass is 536 g/mol. The van der Waals surface area contributed by atoms with Crippen LogP contribution in [0.15, 0.2) is 59.3 Å². The molecule has 3 saturated carbocycles.